The molecule has 0 N–H and O–H groups in total. The molecule has 0 unspecified atom stereocenters. The predicted octanol–water partition coefficient (Wildman–Crippen LogP) is 4.49. The zero-order valence-electron chi connectivity index (χ0n) is 10.2. The van der Waals surface area contributed by atoms with E-state index in [-0.39, 0.29) is 5.41 Å². The van der Waals surface area contributed by atoms with Gasteiger partial charge in [-0.25, -0.2) is 0 Å². The Morgan fingerprint density at radius 2 is 2.00 bits per heavy atom. The highest BCUT2D eigenvalue weighted by Gasteiger charge is 2.13. The largest absolute Gasteiger partial charge is 0.103 e. The van der Waals surface area contributed by atoms with Gasteiger partial charge in [0.1, 0.15) is 0 Å². The molecule has 0 aliphatic heterocycles. The Kier molecular flexibility index (Phi) is 4.14. The SMILES string of the molecule is C=CCCCc1cccc(C(C)(C)C)c1. The summed E-state index contributed by atoms with van der Waals surface area (Å²) >= 11 is 0. The van der Waals surface area contributed by atoms with E-state index in [4.69, 9.17) is 0 Å². The number of allylic oxidation sites excluding steroid dienone is 1. The Balaban J connectivity index is 2.70. The summed E-state index contributed by atoms with van der Waals surface area (Å²) in [6, 6.07) is 8.95. The van der Waals surface area contributed by atoms with Crippen LogP contribution in [0.4, 0.5) is 0 Å². The van der Waals surface area contributed by atoms with Crippen LogP contribution in [0, 0.1) is 0 Å². The van der Waals surface area contributed by atoms with Gasteiger partial charge in [0.25, 0.3) is 0 Å². The highest BCUT2D eigenvalue weighted by atomic mass is 14.2. The molecule has 0 saturated heterocycles. The molecule has 0 amide bonds. The molecule has 0 heteroatoms. The van der Waals surface area contributed by atoms with Gasteiger partial charge in [-0.05, 0) is 35.8 Å². The molecule has 1 aromatic rings. The van der Waals surface area contributed by atoms with Gasteiger partial charge in [0.05, 0.1) is 0 Å². The maximum absolute atomic E-state index is 3.75. The lowest BCUT2D eigenvalue weighted by molar-refractivity contribution is 0.589. The van der Waals surface area contributed by atoms with Crippen LogP contribution in [0.15, 0.2) is 36.9 Å². The number of hydrogen-bond acceptors (Lipinski definition) is 0. The number of hydrogen-bond donors (Lipinski definition) is 0. The fourth-order valence-electron chi connectivity index (χ4n) is 1.64. The van der Waals surface area contributed by atoms with Gasteiger partial charge < -0.3 is 0 Å². The molecule has 0 atom stereocenters. The molecular formula is C15H22. The molecule has 0 fully saturated rings. The quantitative estimate of drug-likeness (QED) is 0.498. The fraction of sp³-hybridized carbons (Fsp3) is 0.467. The lowest BCUT2D eigenvalue weighted by Crippen LogP contribution is -2.11. The van der Waals surface area contributed by atoms with Crippen LogP contribution in [0.2, 0.25) is 0 Å². The van der Waals surface area contributed by atoms with Crippen molar-refractivity contribution in [1.82, 2.24) is 0 Å². The molecule has 0 aromatic heterocycles. The van der Waals surface area contributed by atoms with E-state index in [9.17, 15) is 0 Å². The van der Waals surface area contributed by atoms with Crippen LogP contribution in [0.25, 0.3) is 0 Å². The van der Waals surface area contributed by atoms with Crippen LogP contribution in [0.1, 0.15) is 44.7 Å². The Morgan fingerprint density at radius 3 is 2.60 bits per heavy atom. The summed E-state index contributed by atoms with van der Waals surface area (Å²) in [7, 11) is 0. The second-order valence-electron chi connectivity index (χ2n) is 5.13. The molecule has 0 radical (unpaired) electrons. The van der Waals surface area contributed by atoms with Crippen LogP contribution in [0.3, 0.4) is 0 Å². The van der Waals surface area contributed by atoms with E-state index in [2.05, 4.69) is 51.6 Å². The van der Waals surface area contributed by atoms with Crippen molar-refractivity contribution in [2.24, 2.45) is 0 Å². The summed E-state index contributed by atoms with van der Waals surface area (Å²) in [5.74, 6) is 0. The Labute approximate surface area is 94.0 Å². The first-order valence-corrected chi connectivity index (χ1v) is 5.74. The van der Waals surface area contributed by atoms with Crippen molar-refractivity contribution in [3.05, 3.63) is 48.0 Å². The molecule has 0 aliphatic carbocycles. The van der Waals surface area contributed by atoms with Gasteiger partial charge in [0.15, 0.2) is 0 Å². The van der Waals surface area contributed by atoms with E-state index in [1.807, 2.05) is 6.08 Å². The standard InChI is InChI=1S/C15H22/c1-5-6-7-9-13-10-8-11-14(12-13)15(2,3)4/h5,8,10-12H,1,6-7,9H2,2-4H3. The smallest absolute Gasteiger partial charge is 0.0132 e. The van der Waals surface area contributed by atoms with Crippen molar-refractivity contribution < 1.29 is 0 Å². The molecule has 0 saturated carbocycles. The number of benzene rings is 1. The molecule has 0 heterocycles. The normalized spacial score (nSPS) is 11.4. The minimum absolute atomic E-state index is 0.258. The molecule has 0 nitrogen and oxygen atoms in total. The van der Waals surface area contributed by atoms with Crippen LogP contribution in [-0.4, -0.2) is 0 Å². The summed E-state index contributed by atoms with van der Waals surface area (Å²) in [5.41, 5.74) is 3.14. The first kappa shape index (κ1) is 12.0. The van der Waals surface area contributed by atoms with Crippen molar-refractivity contribution in [1.29, 1.82) is 0 Å². The zero-order valence-corrected chi connectivity index (χ0v) is 10.2. The molecular weight excluding hydrogens is 180 g/mol. The highest BCUT2D eigenvalue weighted by Crippen LogP contribution is 2.23. The van der Waals surface area contributed by atoms with E-state index in [0.29, 0.717) is 0 Å². The molecule has 0 spiro atoms. The van der Waals surface area contributed by atoms with Gasteiger partial charge in [0.2, 0.25) is 0 Å². The minimum Gasteiger partial charge on any atom is -0.103 e. The Hall–Kier alpha value is -1.04. The number of aryl methyl sites for hydroxylation is 1. The molecule has 82 valence electrons. The van der Waals surface area contributed by atoms with Gasteiger partial charge in [-0.2, -0.15) is 0 Å². The van der Waals surface area contributed by atoms with Crippen molar-refractivity contribution in [3.8, 4) is 0 Å². The molecule has 0 aliphatic rings. The average molecular weight is 202 g/mol. The highest BCUT2D eigenvalue weighted by molar-refractivity contribution is 5.28. The minimum atomic E-state index is 0.258. The fourth-order valence-corrected chi connectivity index (χ4v) is 1.64. The number of rotatable bonds is 4. The van der Waals surface area contributed by atoms with E-state index < -0.39 is 0 Å². The third kappa shape index (κ3) is 3.91. The van der Waals surface area contributed by atoms with Gasteiger partial charge in [-0.15, -0.1) is 6.58 Å². The maximum Gasteiger partial charge on any atom is -0.0132 e. The second-order valence-corrected chi connectivity index (χ2v) is 5.13. The van der Waals surface area contributed by atoms with Gasteiger partial charge in [-0.3, -0.25) is 0 Å². The van der Waals surface area contributed by atoms with E-state index >= 15 is 0 Å². The molecule has 15 heavy (non-hydrogen) atoms. The van der Waals surface area contributed by atoms with Crippen LogP contribution in [-0.2, 0) is 11.8 Å². The van der Waals surface area contributed by atoms with Crippen molar-refractivity contribution >= 4 is 0 Å². The average Bonchev–Trinajstić information content (AvgIpc) is 2.17. The molecule has 0 bridgehead atoms. The van der Waals surface area contributed by atoms with E-state index in [1.54, 1.807) is 0 Å². The summed E-state index contributed by atoms with van der Waals surface area (Å²) in [4.78, 5) is 0. The molecule has 1 aromatic carbocycles. The summed E-state index contributed by atoms with van der Waals surface area (Å²) in [6.45, 7) is 10.5. The van der Waals surface area contributed by atoms with Crippen LogP contribution >= 0.6 is 0 Å². The van der Waals surface area contributed by atoms with Gasteiger partial charge in [-0.1, -0.05) is 51.1 Å². The van der Waals surface area contributed by atoms with E-state index in [0.717, 1.165) is 12.8 Å². The second kappa shape index (κ2) is 5.16. The van der Waals surface area contributed by atoms with Gasteiger partial charge in [0, 0.05) is 0 Å². The summed E-state index contributed by atoms with van der Waals surface area (Å²) in [6.07, 6.45) is 5.47. The molecule has 1 rings (SSSR count). The Bertz CT molecular complexity index is 315. The predicted molar refractivity (Wildman–Crippen MR) is 68.3 cm³/mol. The van der Waals surface area contributed by atoms with E-state index in [1.165, 1.54) is 17.5 Å². The maximum atomic E-state index is 3.75. The summed E-state index contributed by atoms with van der Waals surface area (Å²) in [5, 5.41) is 0. The van der Waals surface area contributed by atoms with Gasteiger partial charge >= 0.3 is 0 Å². The first-order valence-electron chi connectivity index (χ1n) is 5.74. The van der Waals surface area contributed by atoms with Crippen molar-refractivity contribution in [2.45, 2.75) is 45.4 Å². The zero-order chi connectivity index (χ0) is 11.3. The summed E-state index contributed by atoms with van der Waals surface area (Å²) < 4.78 is 0. The Morgan fingerprint density at radius 1 is 1.27 bits per heavy atom. The van der Waals surface area contributed by atoms with Crippen LogP contribution < -0.4 is 0 Å². The van der Waals surface area contributed by atoms with Crippen LogP contribution in [0.5, 0.6) is 0 Å². The topological polar surface area (TPSA) is 0 Å². The van der Waals surface area contributed by atoms with Crippen molar-refractivity contribution in [3.63, 3.8) is 0 Å². The monoisotopic (exact) mass is 202 g/mol. The lowest BCUT2D eigenvalue weighted by Gasteiger charge is -2.19. The van der Waals surface area contributed by atoms with Crippen molar-refractivity contribution in [2.75, 3.05) is 0 Å². The third-order valence-electron chi connectivity index (χ3n) is 2.67. The lowest BCUT2D eigenvalue weighted by atomic mass is 9.86. The third-order valence-corrected chi connectivity index (χ3v) is 2.67. The first-order chi connectivity index (χ1) is 7.04. The number of unbranched alkanes of at least 4 members (excludes halogenated alkanes) is 1.